The highest BCUT2D eigenvalue weighted by Crippen LogP contribution is 2.64. The molecule has 0 heterocycles. The van der Waals surface area contributed by atoms with Crippen LogP contribution >= 0.6 is 0 Å². The fraction of sp³-hybridized carbons (Fsp3) is 0.368. The number of benzene rings is 2. The normalized spacial score (nSPS) is 21.8. The largest absolute Gasteiger partial charge is 0.418 e. The SMILES string of the molecule is CC1(C)C(CNc2ccc(F)cc2C(F)(F)F)C1c1ccc(NS(=O)O)cc1. The molecule has 0 saturated heterocycles. The van der Waals surface area contributed by atoms with Gasteiger partial charge in [-0.05, 0) is 53.1 Å². The molecule has 152 valence electrons. The third-order valence-electron chi connectivity index (χ3n) is 5.32. The number of nitrogens with one attached hydrogen (secondary N) is 2. The summed E-state index contributed by atoms with van der Waals surface area (Å²) < 4.78 is 74.7. The van der Waals surface area contributed by atoms with Crippen LogP contribution in [-0.2, 0) is 17.4 Å². The van der Waals surface area contributed by atoms with Crippen molar-refractivity contribution in [3.05, 3.63) is 59.4 Å². The minimum Gasteiger partial charge on any atom is -0.384 e. The van der Waals surface area contributed by atoms with E-state index in [1.54, 1.807) is 12.1 Å². The first kappa shape index (κ1) is 20.6. The van der Waals surface area contributed by atoms with Crippen LogP contribution in [0, 0.1) is 17.2 Å². The number of halogens is 4. The lowest BCUT2D eigenvalue weighted by Crippen LogP contribution is -2.14. The lowest BCUT2D eigenvalue weighted by atomic mass is 10.0. The highest BCUT2D eigenvalue weighted by Gasteiger charge is 2.57. The second-order valence-electron chi connectivity index (χ2n) is 7.45. The Morgan fingerprint density at radius 2 is 1.79 bits per heavy atom. The monoisotopic (exact) mass is 416 g/mol. The van der Waals surface area contributed by atoms with Crippen molar-refractivity contribution in [1.82, 2.24) is 0 Å². The van der Waals surface area contributed by atoms with Crippen LogP contribution in [-0.4, -0.2) is 15.3 Å². The molecule has 1 fully saturated rings. The average molecular weight is 416 g/mol. The highest BCUT2D eigenvalue weighted by molar-refractivity contribution is 7.80. The molecule has 9 heteroatoms. The first-order valence-corrected chi connectivity index (χ1v) is 9.69. The number of hydrogen-bond acceptors (Lipinski definition) is 2. The predicted octanol–water partition coefficient (Wildman–Crippen LogP) is 5.24. The zero-order valence-electron chi connectivity index (χ0n) is 15.2. The molecular weight excluding hydrogens is 396 g/mol. The Hall–Kier alpha value is -2.13. The van der Waals surface area contributed by atoms with E-state index in [4.69, 9.17) is 4.55 Å². The number of alkyl halides is 3. The van der Waals surface area contributed by atoms with E-state index in [0.717, 1.165) is 17.7 Å². The van der Waals surface area contributed by atoms with Gasteiger partial charge in [0.05, 0.1) is 5.56 Å². The maximum Gasteiger partial charge on any atom is 0.418 e. The van der Waals surface area contributed by atoms with Crippen LogP contribution in [0.3, 0.4) is 0 Å². The van der Waals surface area contributed by atoms with Gasteiger partial charge in [-0.2, -0.15) is 13.2 Å². The molecule has 3 rings (SSSR count). The number of hydrogen-bond donors (Lipinski definition) is 3. The molecule has 0 bridgehead atoms. The quantitative estimate of drug-likeness (QED) is 0.446. The molecule has 0 aromatic heterocycles. The Labute approximate surface area is 162 Å². The van der Waals surface area contributed by atoms with E-state index in [2.05, 4.69) is 10.0 Å². The smallest absolute Gasteiger partial charge is 0.384 e. The van der Waals surface area contributed by atoms with Gasteiger partial charge in [0, 0.05) is 17.9 Å². The first-order chi connectivity index (χ1) is 13.0. The molecule has 1 aliphatic rings. The van der Waals surface area contributed by atoms with Crippen molar-refractivity contribution >= 4 is 22.6 Å². The third-order valence-corrected chi connectivity index (χ3v) is 5.74. The van der Waals surface area contributed by atoms with Crippen LogP contribution in [0.1, 0.15) is 30.9 Å². The summed E-state index contributed by atoms with van der Waals surface area (Å²) in [4.78, 5) is 0. The summed E-state index contributed by atoms with van der Waals surface area (Å²) in [6, 6.07) is 9.64. The van der Waals surface area contributed by atoms with Gasteiger partial charge in [0.2, 0.25) is 0 Å². The summed E-state index contributed by atoms with van der Waals surface area (Å²) in [5, 5.41) is 2.83. The molecule has 0 amide bonds. The van der Waals surface area contributed by atoms with E-state index in [1.807, 2.05) is 26.0 Å². The molecule has 0 radical (unpaired) electrons. The average Bonchev–Trinajstić information content (AvgIpc) is 3.14. The molecule has 2 aromatic carbocycles. The van der Waals surface area contributed by atoms with E-state index in [-0.39, 0.29) is 22.9 Å². The fourth-order valence-electron chi connectivity index (χ4n) is 3.77. The van der Waals surface area contributed by atoms with Gasteiger partial charge in [-0.25, -0.2) is 8.60 Å². The van der Waals surface area contributed by atoms with E-state index in [9.17, 15) is 21.8 Å². The van der Waals surface area contributed by atoms with Crippen LogP contribution in [0.25, 0.3) is 0 Å². The third kappa shape index (κ3) is 4.30. The summed E-state index contributed by atoms with van der Waals surface area (Å²) in [7, 11) is 0. The van der Waals surface area contributed by atoms with E-state index in [1.165, 1.54) is 0 Å². The van der Waals surface area contributed by atoms with Gasteiger partial charge < -0.3 is 5.32 Å². The van der Waals surface area contributed by atoms with Crippen LogP contribution in [0.4, 0.5) is 28.9 Å². The minimum absolute atomic E-state index is 0.0874. The van der Waals surface area contributed by atoms with Crippen LogP contribution in [0.2, 0.25) is 0 Å². The molecule has 4 nitrogen and oxygen atoms in total. The lowest BCUT2D eigenvalue weighted by Gasteiger charge is -2.15. The number of anilines is 2. The van der Waals surface area contributed by atoms with Crippen molar-refractivity contribution in [3.63, 3.8) is 0 Å². The maximum atomic E-state index is 13.2. The van der Waals surface area contributed by atoms with Gasteiger partial charge in [-0.15, -0.1) is 0 Å². The zero-order valence-corrected chi connectivity index (χ0v) is 16.0. The molecule has 28 heavy (non-hydrogen) atoms. The maximum absolute atomic E-state index is 13.2. The molecular formula is C19H20F4N2O2S. The van der Waals surface area contributed by atoms with E-state index < -0.39 is 28.8 Å². The van der Waals surface area contributed by atoms with Crippen molar-refractivity contribution in [2.45, 2.75) is 25.9 Å². The van der Waals surface area contributed by atoms with Gasteiger partial charge in [0.1, 0.15) is 5.82 Å². The van der Waals surface area contributed by atoms with Gasteiger partial charge in [0.15, 0.2) is 0 Å². The predicted molar refractivity (Wildman–Crippen MR) is 101 cm³/mol. The minimum atomic E-state index is -4.64. The molecule has 3 N–H and O–H groups in total. The lowest BCUT2D eigenvalue weighted by molar-refractivity contribution is -0.137. The molecule has 1 aliphatic carbocycles. The van der Waals surface area contributed by atoms with Crippen LogP contribution < -0.4 is 10.0 Å². The summed E-state index contributed by atoms with van der Waals surface area (Å²) in [6.07, 6.45) is -4.64. The summed E-state index contributed by atoms with van der Waals surface area (Å²) in [6.45, 7) is 4.38. The molecule has 3 atom stereocenters. The zero-order chi connectivity index (χ0) is 20.7. The van der Waals surface area contributed by atoms with Crippen molar-refractivity contribution in [3.8, 4) is 0 Å². The second-order valence-corrected chi connectivity index (χ2v) is 8.15. The second kappa shape index (κ2) is 7.36. The molecule has 1 saturated carbocycles. The summed E-state index contributed by atoms with van der Waals surface area (Å²) >= 11 is -2.15. The highest BCUT2D eigenvalue weighted by atomic mass is 32.2. The van der Waals surface area contributed by atoms with Crippen LogP contribution in [0.5, 0.6) is 0 Å². The molecule has 0 spiro atoms. The fourth-order valence-corrected chi connectivity index (χ4v) is 4.11. The Morgan fingerprint density at radius 3 is 2.36 bits per heavy atom. The standard InChI is InChI=1S/C19H20F4N2O2S/c1-18(2)15(17(18)11-3-6-13(7-4-11)25-28(26)27)10-24-16-8-5-12(20)9-14(16)19(21,22)23/h3-9,15,17,24-25H,10H2,1-2H3,(H,26,27). The Morgan fingerprint density at radius 1 is 1.14 bits per heavy atom. The first-order valence-electron chi connectivity index (χ1n) is 8.58. The Bertz CT molecular complexity index is 884. The van der Waals surface area contributed by atoms with Crippen molar-refractivity contribution in [2.24, 2.45) is 11.3 Å². The summed E-state index contributed by atoms with van der Waals surface area (Å²) in [5.74, 6) is -0.715. The molecule has 2 aromatic rings. The number of rotatable bonds is 6. The molecule has 0 aliphatic heterocycles. The van der Waals surface area contributed by atoms with Gasteiger partial charge in [0.25, 0.3) is 11.3 Å². The Balaban J connectivity index is 1.72. The Kier molecular flexibility index (Phi) is 5.42. The van der Waals surface area contributed by atoms with E-state index in [0.29, 0.717) is 18.3 Å². The van der Waals surface area contributed by atoms with Crippen LogP contribution in [0.15, 0.2) is 42.5 Å². The topological polar surface area (TPSA) is 61.4 Å². The van der Waals surface area contributed by atoms with Gasteiger partial charge in [-0.1, -0.05) is 26.0 Å². The van der Waals surface area contributed by atoms with Crippen molar-refractivity contribution in [1.29, 1.82) is 0 Å². The van der Waals surface area contributed by atoms with Crippen molar-refractivity contribution < 1.29 is 26.3 Å². The van der Waals surface area contributed by atoms with Crippen molar-refractivity contribution in [2.75, 3.05) is 16.6 Å². The van der Waals surface area contributed by atoms with Gasteiger partial charge >= 0.3 is 6.18 Å². The molecule has 3 unspecified atom stereocenters. The van der Waals surface area contributed by atoms with E-state index >= 15 is 0 Å². The van der Waals surface area contributed by atoms with Gasteiger partial charge in [-0.3, -0.25) is 9.27 Å². The summed E-state index contributed by atoms with van der Waals surface area (Å²) in [5.41, 5.74) is 0.218.